The summed E-state index contributed by atoms with van der Waals surface area (Å²) >= 11 is 0. The summed E-state index contributed by atoms with van der Waals surface area (Å²) in [6.45, 7) is 0. The van der Waals surface area contributed by atoms with E-state index in [1.165, 1.54) is 25.0 Å². The van der Waals surface area contributed by atoms with Crippen LogP contribution >= 0.6 is 0 Å². The fraction of sp³-hybridized carbons (Fsp3) is 0.600. The van der Waals surface area contributed by atoms with Crippen LogP contribution in [0, 0.1) is 5.92 Å². The van der Waals surface area contributed by atoms with Gasteiger partial charge in [-0.2, -0.15) is 0 Å². The first-order valence-corrected chi connectivity index (χ1v) is 6.74. The largest absolute Gasteiger partial charge is 0.388 e. The fourth-order valence-electron chi connectivity index (χ4n) is 2.74. The molecule has 1 unspecified atom stereocenters. The average molecular weight is 254 g/mol. The molecule has 1 atom stereocenters. The SMILES string of the molecule is OC(c1ccc(C(F)F)cc1)C1CCCCCC1. The number of aliphatic hydroxyl groups is 1. The van der Waals surface area contributed by atoms with Gasteiger partial charge in [0.25, 0.3) is 6.43 Å². The van der Waals surface area contributed by atoms with E-state index in [1.54, 1.807) is 12.1 Å². The quantitative estimate of drug-likeness (QED) is 0.780. The lowest BCUT2D eigenvalue weighted by Crippen LogP contribution is -2.12. The average Bonchev–Trinajstić information content (AvgIpc) is 2.67. The Kier molecular flexibility index (Phi) is 4.70. The van der Waals surface area contributed by atoms with E-state index in [2.05, 4.69) is 0 Å². The third kappa shape index (κ3) is 3.29. The smallest absolute Gasteiger partial charge is 0.263 e. The first-order valence-electron chi connectivity index (χ1n) is 6.74. The molecule has 1 aromatic rings. The van der Waals surface area contributed by atoms with E-state index < -0.39 is 12.5 Å². The highest BCUT2D eigenvalue weighted by Gasteiger charge is 2.22. The van der Waals surface area contributed by atoms with Crippen LogP contribution in [0.15, 0.2) is 24.3 Å². The molecular formula is C15H20F2O. The van der Waals surface area contributed by atoms with Crippen LogP contribution in [0.5, 0.6) is 0 Å². The Bertz CT molecular complexity index is 353. The van der Waals surface area contributed by atoms with Gasteiger partial charge in [0.1, 0.15) is 0 Å². The first-order chi connectivity index (χ1) is 8.68. The summed E-state index contributed by atoms with van der Waals surface area (Å²) in [5.74, 6) is 0.282. The van der Waals surface area contributed by atoms with E-state index in [0.717, 1.165) is 31.2 Å². The number of alkyl halides is 2. The van der Waals surface area contributed by atoms with Crippen molar-refractivity contribution in [2.45, 2.75) is 51.1 Å². The summed E-state index contributed by atoms with van der Waals surface area (Å²) in [6, 6.07) is 6.11. The van der Waals surface area contributed by atoms with Crippen molar-refractivity contribution < 1.29 is 13.9 Å². The van der Waals surface area contributed by atoms with Crippen molar-refractivity contribution in [1.82, 2.24) is 0 Å². The molecule has 0 aliphatic heterocycles. The lowest BCUT2D eigenvalue weighted by Gasteiger charge is -2.21. The monoisotopic (exact) mass is 254 g/mol. The summed E-state index contributed by atoms with van der Waals surface area (Å²) < 4.78 is 24.9. The van der Waals surface area contributed by atoms with Gasteiger partial charge in [-0.15, -0.1) is 0 Å². The maximum absolute atomic E-state index is 12.4. The van der Waals surface area contributed by atoms with Gasteiger partial charge in [-0.1, -0.05) is 49.9 Å². The number of rotatable bonds is 3. The maximum atomic E-state index is 12.4. The van der Waals surface area contributed by atoms with Crippen molar-refractivity contribution >= 4 is 0 Å². The van der Waals surface area contributed by atoms with Gasteiger partial charge in [-0.3, -0.25) is 0 Å². The Hall–Kier alpha value is -0.960. The molecule has 0 aromatic heterocycles. The Labute approximate surface area is 107 Å². The van der Waals surface area contributed by atoms with Gasteiger partial charge < -0.3 is 5.11 Å². The molecular weight excluding hydrogens is 234 g/mol. The van der Waals surface area contributed by atoms with Crippen molar-refractivity contribution in [3.63, 3.8) is 0 Å². The number of hydrogen-bond donors (Lipinski definition) is 1. The standard InChI is InChI=1S/C15H20F2O/c16-15(17)13-9-7-12(8-10-13)14(18)11-5-3-1-2-4-6-11/h7-11,14-15,18H,1-6H2. The second-order valence-electron chi connectivity index (χ2n) is 5.16. The molecule has 1 aromatic carbocycles. The number of aliphatic hydroxyl groups excluding tert-OH is 1. The lowest BCUT2D eigenvalue weighted by molar-refractivity contribution is 0.0985. The third-order valence-electron chi connectivity index (χ3n) is 3.88. The van der Waals surface area contributed by atoms with Crippen molar-refractivity contribution in [3.8, 4) is 0 Å². The van der Waals surface area contributed by atoms with Gasteiger partial charge in [0.2, 0.25) is 0 Å². The van der Waals surface area contributed by atoms with E-state index >= 15 is 0 Å². The Morgan fingerprint density at radius 3 is 1.89 bits per heavy atom. The Balaban J connectivity index is 2.05. The van der Waals surface area contributed by atoms with Crippen molar-refractivity contribution in [2.24, 2.45) is 5.92 Å². The van der Waals surface area contributed by atoms with Crippen LogP contribution in [0.25, 0.3) is 0 Å². The fourth-order valence-corrected chi connectivity index (χ4v) is 2.74. The summed E-state index contributed by atoms with van der Waals surface area (Å²) in [5.41, 5.74) is 0.790. The van der Waals surface area contributed by atoms with E-state index in [9.17, 15) is 13.9 Å². The number of benzene rings is 1. The Morgan fingerprint density at radius 2 is 1.39 bits per heavy atom. The minimum atomic E-state index is -2.44. The van der Waals surface area contributed by atoms with Crippen LogP contribution in [0.2, 0.25) is 0 Å². The van der Waals surface area contributed by atoms with Crippen LogP contribution in [0.1, 0.15) is 62.2 Å². The third-order valence-corrected chi connectivity index (χ3v) is 3.88. The molecule has 0 heterocycles. The molecule has 1 aliphatic rings. The minimum absolute atomic E-state index is 0.0202. The van der Waals surface area contributed by atoms with Crippen LogP contribution in [-0.4, -0.2) is 5.11 Å². The molecule has 18 heavy (non-hydrogen) atoms. The molecule has 0 saturated heterocycles. The summed E-state index contributed by atoms with van der Waals surface area (Å²) in [6.07, 6.45) is 3.95. The topological polar surface area (TPSA) is 20.2 Å². The molecule has 0 amide bonds. The zero-order chi connectivity index (χ0) is 13.0. The molecule has 1 saturated carbocycles. The van der Waals surface area contributed by atoms with Gasteiger partial charge >= 0.3 is 0 Å². The molecule has 0 radical (unpaired) electrons. The van der Waals surface area contributed by atoms with Crippen LogP contribution < -0.4 is 0 Å². The van der Waals surface area contributed by atoms with Gasteiger partial charge in [0, 0.05) is 5.56 Å². The predicted octanol–water partition coefficient (Wildman–Crippen LogP) is 4.63. The highest BCUT2D eigenvalue weighted by molar-refractivity contribution is 5.25. The van der Waals surface area contributed by atoms with Crippen LogP contribution in [-0.2, 0) is 0 Å². The number of hydrogen-bond acceptors (Lipinski definition) is 1. The normalized spacial score (nSPS) is 19.8. The molecule has 2 rings (SSSR count). The molecule has 1 N–H and O–H groups in total. The highest BCUT2D eigenvalue weighted by Crippen LogP contribution is 2.34. The molecule has 3 heteroatoms. The predicted molar refractivity (Wildman–Crippen MR) is 67.6 cm³/mol. The Morgan fingerprint density at radius 1 is 0.889 bits per heavy atom. The van der Waals surface area contributed by atoms with Gasteiger partial charge in [-0.05, 0) is 24.3 Å². The zero-order valence-corrected chi connectivity index (χ0v) is 10.5. The van der Waals surface area contributed by atoms with E-state index in [4.69, 9.17) is 0 Å². The van der Waals surface area contributed by atoms with Crippen molar-refractivity contribution in [3.05, 3.63) is 35.4 Å². The summed E-state index contributed by atoms with van der Waals surface area (Å²) in [4.78, 5) is 0. The zero-order valence-electron chi connectivity index (χ0n) is 10.5. The van der Waals surface area contributed by atoms with Crippen LogP contribution in [0.3, 0.4) is 0 Å². The molecule has 1 fully saturated rings. The molecule has 0 bridgehead atoms. The highest BCUT2D eigenvalue weighted by atomic mass is 19.3. The molecule has 100 valence electrons. The van der Waals surface area contributed by atoms with Gasteiger partial charge in [0.15, 0.2) is 0 Å². The summed E-state index contributed by atoms with van der Waals surface area (Å²) in [7, 11) is 0. The maximum Gasteiger partial charge on any atom is 0.263 e. The summed E-state index contributed by atoms with van der Waals surface area (Å²) in [5, 5.41) is 10.3. The van der Waals surface area contributed by atoms with E-state index in [-0.39, 0.29) is 11.5 Å². The van der Waals surface area contributed by atoms with E-state index in [0.29, 0.717) is 0 Å². The molecule has 1 nitrogen and oxygen atoms in total. The van der Waals surface area contributed by atoms with Crippen molar-refractivity contribution in [1.29, 1.82) is 0 Å². The van der Waals surface area contributed by atoms with E-state index in [1.807, 2.05) is 0 Å². The van der Waals surface area contributed by atoms with Crippen LogP contribution in [0.4, 0.5) is 8.78 Å². The second-order valence-corrected chi connectivity index (χ2v) is 5.16. The van der Waals surface area contributed by atoms with Gasteiger partial charge in [0.05, 0.1) is 6.10 Å². The number of halogens is 2. The first kappa shape index (κ1) is 13.5. The lowest BCUT2D eigenvalue weighted by atomic mass is 9.89. The van der Waals surface area contributed by atoms with Crippen molar-refractivity contribution in [2.75, 3.05) is 0 Å². The molecule has 0 spiro atoms. The molecule has 1 aliphatic carbocycles. The minimum Gasteiger partial charge on any atom is -0.388 e. The second kappa shape index (κ2) is 6.28. The van der Waals surface area contributed by atoms with Gasteiger partial charge in [-0.25, -0.2) is 8.78 Å².